The fraction of sp³-hybridized carbons (Fsp3) is 0.429. The Kier molecular flexibility index (Phi) is 4.73. The molecule has 18 heavy (non-hydrogen) atoms. The van der Waals surface area contributed by atoms with Gasteiger partial charge in [-0.15, -0.1) is 0 Å². The number of nitriles is 1. The molecule has 1 amide bonds. The van der Waals surface area contributed by atoms with Gasteiger partial charge in [0.05, 0.1) is 18.9 Å². The maximum absolute atomic E-state index is 11.8. The third kappa shape index (κ3) is 3.01. The van der Waals surface area contributed by atoms with Gasteiger partial charge in [0.25, 0.3) is 0 Å². The van der Waals surface area contributed by atoms with Crippen molar-refractivity contribution in [3.63, 3.8) is 0 Å². The Bertz CT molecular complexity index is 489. The molecule has 0 saturated heterocycles. The van der Waals surface area contributed by atoms with Crippen molar-refractivity contribution >= 4 is 11.6 Å². The number of nitrogens with zero attached hydrogens (tertiary/aromatic N) is 1. The summed E-state index contributed by atoms with van der Waals surface area (Å²) >= 11 is 0. The van der Waals surface area contributed by atoms with E-state index in [1.54, 1.807) is 7.11 Å². The van der Waals surface area contributed by atoms with Gasteiger partial charge in [-0.1, -0.05) is 6.92 Å². The van der Waals surface area contributed by atoms with Crippen LogP contribution in [-0.2, 0) is 4.79 Å². The van der Waals surface area contributed by atoms with Crippen molar-refractivity contribution in [2.24, 2.45) is 5.92 Å². The maximum Gasteiger partial charge on any atom is 0.241 e. The topological polar surface area (TPSA) is 62.1 Å². The molecular formula is C14H18N2O2. The highest BCUT2D eigenvalue weighted by Gasteiger charge is 2.17. The summed E-state index contributed by atoms with van der Waals surface area (Å²) in [7, 11) is 1.56. The molecular weight excluding hydrogens is 228 g/mol. The minimum Gasteiger partial charge on any atom is -0.495 e. The second kappa shape index (κ2) is 6.06. The summed E-state index contributed by atoms with van der Waals surface area (Å²) in [5.74, 6) is -0.308. The average molecular weight is 246 g/mol. The van der Waals surface area contributed by atoms with Crippen LogP contribution in [0.2, 0.25) is 0 Å². The van der Waals surface area contributed by atoms with Crippen molar-refractivity contribution in [3.05, 3.63) is 23.3 Å². The van der Waals surface area contributed by atoms with E-state index >= 15 is 0 Å². The standard InChI is InChI=1S/C14H18N2O2/c1-5-11(8-15)14(17)16-12-6-9(2)10(3)7-13(12)18-4/h6-7,11H,5H2,1-4H3,(H,16,17). The molecule has 4 nitrogen and oxygen atoms in total. The van der Waals surface area contributed by atoms with Crippen LogP contribution in [0.4, 0.5) is 5.69 Å². The van der Waals surface area contributed by atoms with Crippen LogP contribution in [-0.4, -0.2) is 13.0 Å². The second-order valence-corrected chi connectivity index (χ2v) is 4.22. The predicted molar refractivity (Wildman–Crippen MR) is 70.5 cm³/mol. The third-order valence-electron chi connectivity index (χ3n) is 2.95. The summed E-state index contributed by atoms with van der Waals surface area (Å²) in [6, 6.07) is 5.71. The molecule has 0 aromatic heterocycles. The first-order valence-electron chi connectivity index (χ1n) is 5.89. The zero-order valence-corrected chi connectivity index (χ0v) is 11.2. The Morgan fingerprint density at radius 2 is 2.06 bits per heavy atom. The summed E-state index contributed by atoms with van der Waals surface area (Å²) in [5.41, 5.74) is 2.77. The summed E-state index contributed by atoms with van der Waals surface area (Å²) < 4.78 is 5.23. The van der Waals surface area contributed by atoms with Crippen molar-refractivity contribution in [2.75, 3.05) is 12.4 Å². The number of hydrogen-bond donors (Lipinski definition) is 1. The number of carbonyl (C=O) groups is 1. The van der Waals surface area contributed by atoms with Gasteiger partial charge >= 0.3 is 0 Å². The van der Waals surface area contributed by atoms with E-state index in [1.165, 1.54) is 0 Å². The van der Waals surface area contributed by atoms with Gasteiger partial charge in [-0.05, 0) is 43.5 Å². The smallest absolute Gasteiger partial charge is 0.241 e. The van der Waals surface area contributed by atoms with Gasteiger partial charge in [0, 0.05) is 0 Å². The predicted octanol–water partition coefficient (Wildman–Crippen LogP) is 2.80. The van der Waals surface area contributed by atoms with E-state index in [9.17, 15) is 4.79 Å². The Morgan fingerprint density at radius 3 is 2.56 bits per heavy atom. The first kappa shape index (κ1) is 14.0. The van der Waals surface area contributed by atoms with Gasteiger partial charge in [-0.2, -0.15) is 5.26 Å². The van der Waals surface area contributed by atoms with Crippen LogP contribution < -0.4 is 10.1 Å². The molecule has 0 bridgehead atoms. The molecule has 1 N–H and O–H groups in total. The van der Waals surface area contributed by atoms with Crippen LogP contribution in [0.1, 0.15) is 24.5 Å². The number of ether oxygens (including phenoxy) is 1. The first-order valence-corrected chi connectivity index (χ1v) is 5.89. The zero-order valence-electron chi connectivity index (χ0n) is 11.2. The van der Waals surface area contributed by atoms with Crippen molar-refractivity contribution in [2.45, 2.75) is 27.2 Å². The Balaban J connectivity index is 3.01. The number of anilines is 1. The van der Waals surface area contributed by atoms with E-state index in [0.29, 0.717) is 17.9 Å². The van der Waals surface area contributed by atoms with E-state index in [-0.39, 0.29) is 5.91 Å². The highest BCUT2D eigenvalue weighted by molar-refractivity contribution is 5.95. The third-order valence-corrected chi connectivity index (χ3v) is 2.95. The molecule has 0 spiro atoms. The number of carbonyl (C=O) groups excluding carboxylic acids is 1. The Morgan fingerprint density at radius 1 is 1.44 bits per heavy atom. The molecule has 0 saturated carbocycles. The molecule has 0 radical (unpaired) electrons. The lowest BCUT2D eigenvalue weighted by atomic mass is 10.1. The van der Waals surface area contributed by atoms with E-state index in [2.05, 4.69) is 5.32 Å². The molecule has 1 aromatic rings. The van der Waals surface area contributed by atoms with Crippen molar-refractivity contribution < 1.29 is 9.53 Å². The summed E-state index contributed by atoms with van der Waals surface area (Å²) in [4.78, 5) is 11.8. The largest absolute Gasteiger partial charge is 0.495 e. The quantitative estimate of drug-likeness (QED) is 0.888. The van der Waals surface area contributed by atoms with E-state index in [1.807, 2.05) is 39.0 Å². The van der Waals surface area contributed by atoms with Crippen LogP contribution in [0.15, 0.2) is 12.1 Å². The van der Waals surface area contributed by atoms with Crippen molar-refractivity contribution in [3.8, 4) is 11.8 Å². The number of hydrogen-bond acceptors (Lipinski definition) is 3. The molecule has 0 aliphatic carbocycles. The van der Waals surface area contributed by atoms with Crippen LogP contribution in [0.25, 0.3) is 0 Å². The minimum atomic E-state index is -0.628. The fourth-order valence-corrected chi connectivity index (χ4v) is 1.61. The molecule has 0 heterocycles. The monoisotopic (exact) mass is 246 g/mol. The normalized spacial score (nSPS) is 11.5. The molecule has 0 aliphatic heterocycles. The Labute approximate surface area is 108 Å². The SMILES string of the molecule is CCC(C#N)C(=O)Nc1cc(C)c(C)cc1OC. The number of benzene rings is 1. The average Bonchev–Trinajstić information content (AvgIpc) is 2.35. The van der Waals surface area contributed by atoms with Crippen LogP contribution >= 0.6 is 0 Å². The number of amides is 1. The zero-order chi connectivity index (χ0) is 13.7. The first-order chi connectivity index (χ1) is 8.53. The molecule has 0 aliphatic rings. The lowest BCUT2D eigenvalue weighted by Gasteiger charge is -2.14. The fourth-order valence-electron chi connectivity index (χ4n) is 1.61. The molecule has 96 valence electrons. The number of aryl methyl sites for hydroxylation is 2. The number of rotatable bonds is 4. The molecule has 1 atom stereocenters. The van der Waals surface area contributed by atoms with Gasteiger partial charge in [0.2, 0.25) is 5.91 Å². The van der Waals surface area contributed by atoms with Gasteiger partial charge in [-0.25, -0.2) is 0 Å². The highest BCUT2D eigenvalue weighted by atomic mass is 16.5. The molecule has 4 heteroatoms. The molecule has 0 fully saturated rings. The second-order valence-electron chi connectivity index (χ2n) is 4.22. The molecule has 1 unspecified atom stereocenters. The van der Waals surface area contributed by atoms with Crippen LogP contribution in [0.3, 0.4) is 0 Å². The molecule has 1 rings (SSSR count). The molecule has 1 aromatic carbocycles. The minimum absolute atomic E-state index is 0.290. The summed E-state index contributed by atoms with van der Waals surface area (Å²) in [6.45, 7) is 5.75. The van der Waals surface area contributed by atoms with Gasteiger partial charge in [0.1, 0.15) is 11.7 Å². The number of nitrogens with one attached hydrogen (secondary N) is 1. The van der Waals surface area contributed by atoms with Crippen LogP contribution in [0, 0.1) is 31.1 Å². The Hall–Kier alpha value is -2.02. The van der Waals surface area contributed by atoms with E-state index < -0.39 is 5.92 Å². The lowest BCUT2D eigenvalue weighted by molar-refractivity contribution is -0.118. The van der Waals surface area contributed by atoms with E-state index in [0.717, 1.165) is 11.1 Å². The van der Waals surface area contributed by atoms with Crippen molar-refractivity contribution in [1.29, 1.82) is 5.26 Å². The van der Waals surface area contributed by atoms with E-state index in [4.69, 9.17) is 10.00 Å². The van der Waals surface area contributed by atoms with Gasteiger partial charge < -0.3 is 10.1 Å². The summed E-state index contributed by atoms with van der Waals surface area (Å²) in [5, 5.41) is 11.6. The maximum atomic E-state index is 11.8. The van der Waals surface area contributed by atoms with Gasteiger partial charge in [-0.3, -0.25) is 4.79 Å². The lowest BCUT2D eigenvalue weighted by Crippen LogP contribution is -2.21. The summed E-state index contributed by atoms with van der Waals surface area (Å²) in [6.07, 6.45) is 0.496. The van der Waals surface area contributed by atoms with Crippen LogP contribution in [0.5, 0.6) is 5.75 Å². The number of methoxy groups -OCH3 is 1. The van der Waals surface area contributed by atoms with Crippen molar-refractivity contribution in [1.82, 2.24) is 0 Å². The highest BCUT2D eigenvalue weighted by Crippen LogP contribution is 2.28. The van der Waals surface area contributed by atoms with Gasteiger partial charge in [0.15, 0.2) is 0 Å².